The molecule has 0 saturated carbocycles. The third kappa shape index (κ3) is 9.42. The number of hydrogen-bond acceptors (Lipinski definition) is 4. The molecule has 2 aromatic heterocycles. The van der Waals surface area contributed by atoms with E-state index >= 15 is 0 Å². The molecule has 5 heteroatoms. The molecule has 0 atom stereocenters. The molecule has 1 aliphatic carbocycles. The Morgan fingerprint density at radius 3 is 1.88 bits per heavy atom. The van der Waals surface area contributed by atoms with Crippen LogP contribution in [0.4, 0.5) is 22.7 Å². The molecule has 5 nitrogen and oxygen atoms in total. The molecule has 0 radical (unpaired) electrons. The number of benzene rings is 7. The predicted molar refractivity (Wildman–Crippen MR) is 328 cm³/mol. The molecular formula is C72H80N4O. The van der Waals surface area contributed by atoms with Crippen molar-refractivity contribution in [3.8, 4) is 39.6 Å². The van der Waals surface area contributed by atoms with Crippen molar-refractivity contribution < 1.29 is 14.3 Å². The highest BCUT2D eigenvalue weighted by Gasteiger charge is 2.39. The van der Waals surface area contributed by atoms with Crippen LogP contribution in [0.5, 0.6) is 11.5 Å². The topological polar surface area (TPSA) is 33.5 Å². The third-order valence-corrected chi connectivity index (χ3v) is 16.3. The molecule has 394 valence electrons. The van der Waals surface area contributed by atoms with E-state index in [9.17, 15) is 5.48 Å². The molecule has 0 N–H and O–H groups in total. The average Bonchev–Trinajstić information content (AvgIpc) is 2.88. The van der Waals surface area contributed by atoms with Gasteiger partial charge in [0.05, 0.1) is 37.7 Å². The Morgan fingerprint density at radius 1 is 0.519 bits per heavy atom. The minimum atomic E-state index is -0.580. The second-order valence-corrected chi connectivity index (χ2v) is 27.2. The second-order valence-electron chi connectivity index (χ2n) is 27.2. The summed E-state index contributed by atoms with van der Waals surface area (Å²) in [4.78, 5) is 9.47. The summed E-state index contributed by atoms with van der Waals surface area (Å²) in [6.07, 6.45) is 3.91. The van der Waals surface area contributed by atoms with E-state index in [2.05, 4.69) is 160 Å². The van der Waals surface area contributed by atoms with Crippen molar-refractivity contribution in [3.63, 3.8) is 0 Å². The highest BCUT2D eigenvalue weighted by Crippen LogP contribution is 2.55. The fourth-order valence-corrected chi connectivity index (χ4v) is 11.6. The maximum atomic E-state index is 10.2. The van der Waals surface area contributed by atoms with E-state index in [1.165, 1.54) is 11.1 Å². The normalized spacial score (nSPS) is 16.8. The summed E-state index contributed by atoms with van der Waals surface area (Å²) in [5.41, 5.74) is 12.7. The van der Waals surface area contributed by atoms with E-state index in [1.807, 2.05) is 73.9 Å². The number of nitrogens with zero attached hydrogens (tertiary/aromatic N) is 4. The monoisotopic (exact) mass is 1020 g/mol. The number of anilines is 4. The Morgan fingerprint density at radius 2 is 1.18 bits per heavy atom. The Kier molecular flexibility index (Phi) is 10.4. The third-order valence-electron chi connectivity index (χ3n) is 16.3. The van der Waals surface area contributed by atoms with Gasteiger partial charge in [-0.15, -0.1) is 0 Å². The second kappa shape index (κ2) is 18.3. The molecular weight excluding hydrogens is 937 g/mol. The van der Waals surface area contributed by atoms with Gasteiger partial charge in [-0.2, -0.15) is 0 Å². The van der Waals surface area contributed by atoms with Crippen molar-refractivity contribution in [2.24, 2.45) is 0 Å². The SMILES string of the molecule is [2H]c1c([2H])c(C(C)(C)C)c([2H])c(C(C)(C)C)c1-c1cc(C(C)(C)C)cc(-c2ccc3c(c2)C(C)(C)CCC3(C)C)c1N1CN(c2cccc(Oc3ccc4c5c([2H])c([2H])c([2H])c([2H])c5n(-c5cc(C(C)(C)C)ccn5)c4c3)c2)c2ccccc21. The van der Waals surface area contributed by atoms with E-state index in [0.29, 0.717) is 63.0 Å². The smallest absolute Gasteiger partial charge is 0.137 e. The average molecular weight is 1020 g/mol. The van der Waals surface area contributed by atoms with E-state index in [4.69, 9.17) is 13.8 Å². The first-order valence-corrected chi connectivity index (χ1v) is 27.5. The number of rotatable bonds is 7. The van der Waals surface area contributed by atoms with Crippen molar-refractivity contribution in [2.75, 3.05) is 16.5 Å². The zero-order chi connectivity index (χ0) is 60.9. The first kappa shape index (κ1) is 43.9. The van der Waals surface area contributed by atoms with Crippen LogP contribution in [0.25, 0.3) is 49.9 Å². The molecule has 0 amide bonds. The van der Waals surface area contributed by atoms with Crippen molar-refractivity contribution in [2.45, 2.75) is 156 Å². The van der Waals surface area contributed by atoms with Crippen molar-refractivity contribution in [1.29, 1.82) is 0 Å². The Hall–Kier alpha value is -7.11. The van der Waals surface area contributed by atoms with Crippen molar-refractivity contribution >= 4 is 44.6 Å². The van der Waals surface area contributed by atoms with E-state index < -0.39 is 10.8 Å². The van der Waals surface area contributed by atoms with Crippen LogP contribution in [-0.2, 0) is 32.5 Å². The van der Waals surface area contributed by atoms with Gasteiger partial charge in [0.2, 0.25) is 0 Å². The fourth-order valence-electron chi connectivity index (χ4n) is 11.6. The maximum absolute atomic E-state index is 10.2. The lowest BCUT2D eigenvalue weighted by Gasteiger charge is -2.42. The Labute approximate surface area is 469 Å². The van der Waals surface area contributed by atoms with Crippen LogP contribution >= 0.6 is 0 Å². The van der Waals surface area contributed by atoms with Gasteiger partial charge < -0.3 is 14.5 Å². The molecule has 1 aliphatic heterocycles. The first-order chi connectivity index (χ1) is 39.1. The molecule has 77 heavy (non-hydrogen) atoms. The summed E-state index contributed by atoms with van der Waals surface area (Å²) in [6, 6.07) is 37.4. The lowest BCUT2D eigenvalue weighted by atomic mass is 9.63. The summed E-state index contributed by atoms with van der Waals surface area (Å²) in [5.74, 6) is 1.63. The lowest BCUT2D eigenvalue weighted by Crippen LogP contribution is -2.33. The zero-order valence-electron chi connectivity index (χ0n) is 55.3. The molecule has 9 aromatic rings. The van der Waals surface area contributed by atoms with E-state index in [1.54, 1.807) is 6.20 Å². The van der Waals surface area contributed by atoms with Crippen LogP contribution in [0.15, 0.2) is 158 Å². The summed E-state index contributed by atoms with van der Waals surface area (Å²) in [7, 11) is 0. The maximum Gasteiger partial charge on any atom is 0.137 e. The van der Waals surface area contributed by atoms with Crippen molar-refractivity contribution in [1.82, 2.24) is 9.55 Å². The van der Waals surface area contributed by atoms with Crippen LogP contribution in [0.2, 0.25) is 0 Å². The fraction of sp³-hybridized carbons (Fsp3) is 0.347. The van der Waals surface area contributed by atoms with Gasteiger partial charge in [0.25, 0.3) is 0 Å². The van der Waals surface area contributed by atoms with Gasteiger partial charge in [-0.1, -0.05) is 183 Å². The molecule has 0 unspecified atom stereocenters. The lowest BCUT2D eigenvalue weighted by molar-refractivity contribution is 0.332. The van der Waals surface area contributed by atoms with Crippen LogP contribution in [0.3, 0.4) is 0 Å². The largest absolute Gasteiger partial charge is 0.457 e. The molecule has 11 rings (SSSR count). The van der Waals surface area contributed by atoms with Crippen molar-refractivity contribution in [3.05, 3.63) is 191 Å². The number of fused-ring (bicyclic) bond motifs is 5. The molecule has 3 heterocycles. The summed E-state index contributed by atoms with van der Waals surface area (Å²) in [5, 5.41) is 1.07. The Balaban J connectivity index is 1.11. The van der Waals surface area contributed by atoms with Gasteiger partial charge in [-0.25, -0.2) is 4.98 Å². The molecule has 2 aliphatic rings. The predicted octanol–water partition coefficient (Wildman–Crippen LogP) is 20.1. The van der Waals surface area contributed by atoms with Crippen LogP contribution in [-0.4, -0.2) is 16.2 Å². The molecule has 0 spiro atoms. The standard InChI is InChI=1S/C72H80N4O/c1-67(2,3)47-29-31-53(59(41-47)70(10,11)12)57-40-49(69(7,8)9)39-56(46-28-33-58-60(38-46)72(15,16)36-35-71(58,13)14)66(57)75-45-74(62-26-19-20-27-63(62)75)50-22-21-23-51(43-50)77-52-30-32-55-54-24-17-18-25-61(54)76(64(55)44-52)65-42-48(34-37-73-65)68(4,5)6/h17-34,37-44H,35-36,45H2,1-16H3/i17D,18D,24D,25D,29D,31D,41D. The number of para-hydroxylation sites is 3. The highest BCUT2D eigenvalue weighted by atomic mass is 16.5. The van der Waals surface area contributed by atoms with Gasteiger partial charge in [-0.3, -0.25) is 4.57 Å². The number of aromatic nitrogens is 2. The zero-order valence-corrected chi connectivity index (χ0v) is 48.3. The van der Waals surface area contributed by atoms with Gasteiger partial charge in [0.1, 0.15) is 24.0 Å². The molecule has 7 aromatic carbocycles. The molecule has 0 fully saturated rings. The van der Waals surface area contributed by atoms with Gasteiger partial charge in [0.15, 0.2) is 0 Å². The number of ether oxygens (including phenoxy) is 1. The Bertz CT molecular complexity index is 4180. The van der Waals surface area contributed by atoms with Crippen LogP contribution < -0.4 is 14.5 Å². The minimum Gasteiger partial charge on any atom is -0.457 e. The molecule has 0 saturated heterocycles. The number of hydrogen-bond donors (Lipinski definition) is 0. The van der Waals surface area contributed by atoms with Gasteiger partial charge in [0, 0.05) is 45.9 Å². The quantitative estimate of drug-likeness (QED) is 0.159. The summed E-state index contributed by atoms with van der Waals surface area (Å²) >= 11 is 0. The van der Waals surface area contributed by atoms with Gasteiger partial charge in [-0.05, 0) is 157 Å². The molecule has 0 bridgehead atoms. The van der Waals surface area contributed by atoms with Gasteiger partial charge >= 0.3 is 0 Å². The van der Waals surface area contributed by atoms with Crippen LogP contribution in [0.1, 0.15) is 167 Å². The first-order valence-electron chi connectivity index (χ1n) is 31.0. The summed E-state index contributed by atoms with van der Waals surface area (Å²) < 4.78 is 74.5. The van der Waals surface area contributed by atoms with Crippen LogP contribution in [0, 0.1) is 0 Å². The minimum absolute atomic E-state index is 0.00413. The van der Waals surface area contributed by atoms with E-state index in [0.717, 1.165) is 69.0 Å². The van der Waals surface area contributed by atoms with E-state index in [-0.39, 0.29) is 57.9 Å². The summed E-state index contributed by atoms with van der Waals surface area (Å²) in [6.45, 7) is 35.5. The number of pyridine rings is 1. The highest BCUT2D eigenvalue weighted by molar-refractivity contribution is 6.09.